The SMILES string of the molecule is O=C(NC(CS)Cc1ccccc1)OCC1c2ccccc2-c2ccccc21. The number of thiol groups is 1. The van der Waals surface area contributed by atoms with Crippen molar-refractivity contribution in [2.24, 2.45) is 0 Å². The minimum Gasteiger partial charge on any atom is -0.449 e. The highest BCUT2D eigenvalue weighted by molar-refractivity contribution is 7.80. The third kappa shape index (κ3) is 3.92. The van der Waals surface area contributed by atoms with E-state index in [0.29, 0.717) is 12.4 Å². The summed E-state index contributed by atoms with van der Waals surface area (Å²) in [4.78, 5) is 12.4. The quantitative estimate of drug-likeness (QED) is 0.578. The minimum atomic E-state index is -0.392. The normalized spacial score (nSPS) is 13.5. The van der Waals surface area contributed by atoms with Crippen LogP contribution in [0.15, 0.2) is 78.9 Å². The molecule has 4 heteroatoms. The Kier molecular flexibility index (Phi) is 5.68. The van der Waals surface area contributed by atoms with Crippen LogP contribution in [0.4, 0.5) is 4.79 Å². The van der Waals surface area contributed by atoms with E-state index in [9.17, 15) is 4.79 Å². The smallest absolute Gasteiger partial charge is 0.407 e. The van der Waals surface area contributed by atoms with Crippen molar-refractivity contribution in [1.82, 2.24) is 5.32 Å². The fourth-order valence-corrected chi connectivity index (χ4v) is 4.09. The zero-order chi connectivity index (χ0) is 19.3. The van der Waals surface area contributed by atoms with E-state index >= 15 is 0 Å². The van der Waals surface area contributed by atoms with E-state index in [0.717, 1.165) is 6.42 Å². The van der Waals surface area contributed by atoms with Crippen molar-refractivity contribution in [2.45, 2.75) is 18.4 Å². The highest BCUT2D eigenvalue weighted by Crippen LogP contribution is 2.44. The number of hydrogen-bond acceptors (Lipinski definition) is 3. The summed E-state index contributed by atoms with van der Waals surface area (Å²) < 4.78 is 5.63. The lowest BCUT2D eigenvalue weighted by Crippen LogP contribution is -2.38. The number of carbonyl (C=O) groups is 1. The summed E-state index contributed by atoms with van der Waals surface area (Å²) >= 11 is 4.38. The Morgan fingerprint density at radius 1 is 0.893 bits per heavy atom. The van der Waals surface area contributed by atoms with Crippen LogP contribution in [0, 0.1) is 0 Å². The molecule has 0 heterocycles. The van der Waals surface area contributed by atoms with Crippen LogP contribution in [0.5, 0.6) is 0 Å². The van der Waals surface area contributed by atoms with Crippen LogP contribution in [-0.2, 0) is 11.2 Å². The average molecular weight is 390 g/mol. The van der Waals surface area contributed by atoms with Gasteiger partial charge in [-0.3, -0.25) is 0 Å². The number of nitrogens with one attached hydrogen (secondary N) is 1. The van der Waals surface area contributed by atoms with Crippen LogP contribution in [0.3, 0.4) is 0 Å². The maximum Gasteiger partial charge on any atom is 0.407 e. The van der Waals surface area contributed by atoms with Crippen molar-refractivity contribution in [3.63, 3.8) is 0 Å². The lowest BCUT2D eigenvalue weighted by atomic mass is 9.98. The predicted molar refractivity (Wildman–Crippen MR) is 116 cm³/mol. The van der Waals surface area contributed by atoms with Crippen molar-refractivity contribution in [3.8, 4) is 11.1 Å². The zero-order valence-electron chi connectivity index (χ0n) is 15.5. The Morgan fingerprint density at radius 3 is 2.07 bits per heavy atom. The number of rotatable bonds is 6. The molecular formula is C24H23NO2S. The van der Waals surface area contributed by atoms with Gasteiger partial charge in [-0.05, 0) is 34.2 Å². The average Bonchev–Trinajstić information content (AvgIpc) is 3.06. The molecule has 0 aromatic heterocycles. The maximum absolute atomic E-state index is 12.4. The second-order valence-electron chi connectivity index (χ2n) is 7.04. The summed E-state index contributed by atoms with van der Waals surface area (Å²) in [6.07, 6.45) is 0.339. The zero-order valence-corrected chi connectivity index (χ0v) is 16.4. The molecule has 0 saturated heterocycles. The molecule has 0 radical (unpaired) electrons. The van der Waals surface area contributed by atoms with E-state index in [1.54, 1.807) is 0 Å². The summed E-state index contributed by atoms with van der Waals surface area (Å²) in [5, 5.41) is 2.95. The van der Waals surface area contributed by atoms with Crippen LogP contribution < -0.4 is 5.32 Å². The van der Waals surface area contributed by atoms with Gasteiger partial charge in [-0.15, -0.1) is 0 Å². The number of carbonyl (C=O) groups excluding carboxylic acids is 1. The first kappa shape index (κ1) is 18.6. The number of hydrogen-bond donors (Lipinski definition) is 2. The molecule has 1 aliphatic carbocycles. The predicted octanol–water partition coefficient (Wildman–Crippen LogP) is 5.07. The van der Waals surface area contributed by atoms with Crippen molar-refractivity contribution in [3.05, 3.63) is 95.6 Å². The van der Waals surface area contributed by atoms with Gasteiger partial charge in [0.1, 0.15) is 6.61 Å². The van der Waals surface area contributed by atoms with Crippen LogP contribution >= 0.6 is 12.6 Å². The van der Waals surface area contributed by atoms with Gasteiger partial charge < -0.3 is 10.1 Å². The fourth-order valence-electron chi connectivity index (χ4n) is 3.87. The van der Waals surface area contributed by atoms with Gasteiger partial charge >= 0.3 is 6.09 Å². The van der Waals surface area contributed by atoms with E-state index in [4.69, 9.17) is 4.74 Å². The lowest BCUT2D eigenvalue weighted by molar-refractivity contribution is 0.140. The molecule has 142 valence electrons. The van der Waals surface area contributed by atoms with Crippen molar-refractivity contribution in [1.29, 1.82) is 0 Å². The Labute approximate surface area is 171 Å². The fraction of sp³-hybridized carbons (Fsp3) is 0.208. The second kappa shape index (κ2) is 8.53. The summed E-state index contributed by atoms with van der Waals surface area (Å²) in [6, 6.07) is 26.7. The van der Waals surface area contributed by atoms with Gasteiger partial charge in [-0.25, -0.2) is 4.79 Å². The van der Waals surface area contributed by atoms with Gasteiger partial charge in [-0.1, -0.05) is 78.9 Å². The van der Waals surface area contributed by atoms with Gasteiger partial charge in [0.05, 0.1) is 0 Å². The first-order chi connectivity index (χ1) is 13.8. The molecule has 3 aromatic rings. The Hall–Kier alpha value is -2.72. The van der Waals surface area contributed by atoms with Crippen LogP contribution in [0.1, 0.15) is 22.6 Å². The molecule has 0 saturated carbocycles. The molecule has 3 aromatic carbocycles. The molecule has 0 spiro atoms. The minimum absolute atomic E-state index is 0.0682. The van der Waals surface area contributed by atoms with Crippen LogP contribution in [-0.4, -0.2) is 24.5 Å². The van der Waals surface area contributed by atoms with E-state index in [2.05, 4.69) is 54.3 Å². The molecule has 28 heavy (non-hydrogen) atoms. The number of benzene rings is 3. The molecule has 3 nitrogen and oxygen atoms in total. The Bertz CT molecular complexity index is 912. The number of amides is 1. The summed E-state index contributed by atoms with van der Waals surface area (Å²) in [5.41, 5.74) is 6.05. The molecular weight excluding hydrogens is 366 g/mol. The van der Waals surface area contributed by atoms with Gasteiger partial charge in [0.15, 0.2) is 0 Å². The second-order valence-corrected chi connectivity index (χ2v) is 7.40. The molecule has 1 N–H and O–H groups in total. The topological polar surface area (TPSA) is 38.3 Å². The largest absolute Gasteiger partial charge is 0.449 e. The summed E-state index contributed by atoms with van der Waals surface area (Å²) in [7, 11) is 0. The summed E-state index contributed by atoms with van der Waals surface area (Å²) in [5.74, 6) is 0.626. The maximum atomic E-state index is 12.4. The van der Waals surface area contributed by atoms with Crippen LogP contribution in [0.25, 0.3) is 11.1 Å². The number of fused-ring (bicyclic) bond motifs is 3. The van der Waals surface area contributed by atoms with Gasteiger partial charge in [0.2, 0.25) is 0 Å². The number of ether oxygens (including phenoxy) is 1. The molecule has 4 rings (SSSR count). The standard InChI is InChI=1S/C24H23NO2S/c26-24(25-18(16-28)14-17-8-2-1-3-9-17)27-15-23-21-12-6-4-10-19(21)20-11-5-7-13-22(20)23/h1-13,18,23,28H,14-16H2,(H,25,26). The van der Waals surface area contributed by atoms with Gasteiger partial charge in [-0.2, -0.15) is 12.6 Å². The molecule has 0 fully saturated rings. The van der Waals surface area contributed by atoms with E-state index in [-0.39, 0.29) is 12.0 Å². The van der Waals surface area contributed by atoms with Crippen molar-refractivity contribution in [2.75, 3.05) is 12.4 Å². The molecule has 0 bridgehead atoms. The third-order valence-electron chi connectivity index (χ3n) is 5.21. The highest BCUT2D eigenvalue weighted by atomic mass is 32.1. The van der Waals surface area contributed by atoms with Gasteiger partial charge in [0, 0.05) is 17.7 Å². The molecule has 1 unspecified atom stereocenters. The first-order valence-electron chi connectivity index (χ1n) is 9.52. The van der Waals surface area contributed by atoms with Crippen molar-refractivity contribution >= 4 is 18.7 Å². The molecule has 1 aliphatic rings. The third-order valence-corrected chi connectivity index (χ3v) is 5.65. The van der Waals surface area contributed by atoms with Crippen LogP contribution in [0.2, 0.25) is 0 Å². The molecule has 1 amide bonds. The first-order valence-corrected chi connectivity index (χ1v) is 10.2. The lowest BCUT2D eigenvalue weighted by Gasteiger charge is -2.19. The monoisotopic (exact) mass is 389 g/mol. The number of alkyl carbamates (subject to hydrolysis) is 1. The Morgan fingerprint density at radius 2 is 1.46 bits per heavy atom. The van der Waals surface area contributed by atoms with E-state index < -0.39 is 6.09 Å². The molecule has 0 aliphatic heterocycles. The van der Waals surface area contributed by atoms with Gasteiger partial charge in [0.25, 0.3) is 0 Å². The highest BCUT2D eigenvalue weighted by Gasteiger charge is 2.29. The summed E-state index contributed by atoms with van der Waals surface area (Å²) in [6.45, 7) is 0.324. The van der Waals surface area contributed by atoms with E-state index in [1.165, 1.54) is 27.8 Å². The van der Waals surface area contributed by atoms with E-state index in [1.807, 2.05) is 42.5 Å². The van der Waals surface area contributed by atoms with Crippen molar-refractivity contribution < 1.29 is 9.53 Å². The Balaban J connectivity index is 1.41. The molecule has 1 atom stereocenters.